The van der Waals surface area contributed by atoms with E-state index in [1.165, 1.54) is 0 Å². The van der Waals surface area contributed by atoms with E-state index in [1.54, 1.807) is 13.3 Å². The van der Waals surface area contributed by atoms with E-state index in [1.807, 2.05) is 42.5 Å². The molecule has 2 aromatic carbocycles. The largest absolute Gasteiger partial charge is 0.497 e. The molecule has 3 aromatic rings. The summed E-state index contributed by atoms with van der Waals surface area (Å²) in [6, 6.07) is 13.3. The number of ether oxygens (including phenoxy) is 1. The number of H-pyrrole nitrogens is 1. The van der Waals surface area contributed by atoms with Crippen LogP contribution < -0.4 is 4.74 Å². The molecule has 0 saturated heterocycles. The highest BCUT2D eigenvalue weighted by Crippen LogP contribution is 2.26. The molecular formula is C16H12INO2. The third kappa shape index (κ3) is 2.20. The van der Waals surface area contributed by atoms with Crippen LogP contribution >= 0.6 is 22.6 Å². The fraction of sp³-hybridized carbons (Fsp3) is 0.0625. The summed E-state index contributed by atoms with van der Waals surface area (Å²) in [5.41, 5.74) is 2.32. The van der Waals surface area contributed by atoms with E-state index in [9.17, 15) is 4.79 Å². The number of nitrogens with one attached hydrogen (secondary N) is 1. The topological polar surface area (TPSA) is 42.1 Å². The summed E-state index contributed by atoms with van der Waals surface area (Å²) >= 11 is 2.18. The van der Waals surface area contributed by atoms with Gasteiger partial charge in [-0.2, -0.15) is 0 Å². The van der Waals surface area contributed by atoms with Gasteiger partial charge in [0.25, 0.3) is 0 Å². The van der Waals surface area contributed by atoms with Crippen LogP contribution in [0.5, 0.6) is 5.75 Å². The van der Waals surface area contributed by atoms with E-state index < -0.39 is 0 Å². The predicted molar refractivity (Wildman–Crippen MR) is 87.4 cm³/mol. The van der Waals surface area contributed by atoms with Crippen LogP contribution in [0.15, 0.2) is 48.7 Å². The molecule has 0 aliphatic heterocycles. The monoisotopic (exact) mass is 377 g/mol. The fourth-order valence-electron chi connectivity index (χ4n) is 2.21. The minimum atomic E-state index is 0.0227. The molecule has 1 N–H and O–H groups in total. The lowest BCUT2D eigenvalue weighted by atomic mass is 10.0. The van der Waals surface area contributed by atoms with Gasteiger partial charge in [-0.15, -0.1) is 0 Å². The summed E-state index contributed by atoms with van der Waals surface area (Å²) in [5.74, 6) is 0.767. The van der Waals surface area contributed by atoms with Crippen LogP contribution in [0.1, 0.15) is 15.9 Å². The van der Waals surface area contributed by atoms with Gasteiger partial charge in [0.05, 0.1) is 7.11 Å². The number of aromatic amines is 1. The lowest BCUT2D eigenvalue weighted by Crippen LogP contribution is -2.02. The second-order valence-electron chi connectivity index (χ2n) is 4.42. The molecule has 0 bridgehead atoms. The van der Waals surface area contributed by atoms with Crippen LogP contribution in [0.25, 0.3) is 10.9 Å². The Kier molecular flexibility index (Phi) is 3.48. The summed E-state index contributed by atoms with van der Waals surface area (Å²) in [4.78, 5) is 15.8. The normalized spacial score (nSPS) is 10.7. The standard InChI is InChI=1S/C16H12INO2/c1-20-10-6-7-15-12(8-10)13(9-18-15)16(19)11-4-2-3-5-14(11)17/h2-9,18H,1H3. The summed E-state index contributed by atoms with van der Waals surface area (Å²) < 4.78 is 6.18. The van der Waals surface area contributed by atoms with Crippen molar-refractivity contribution < 1.29 is 9.53 Å². The Hall–Kier alpha value is -1.82. The van der Waals surface area contributed by atoms with Crippen molar-refractivity contribution in [2.45, 2.75) is 0 Å². The Morgan fingerprint density at radius 2 is 1.95 bits per heavy atom. The fourth-order valence-corrected chi connectivity index (χ4v) is 2.84. The SMILES string of the molecule is COc1ccc2[nH]cc(C(=O)c3ccccc3I)c2c1. The van der Waals surface area contributed by atoms with Crippen molar-refractivity contribution in [3.05, 3.63) is 63.4 Å². The number of rotatable bonds is 3. The maximum Gasteiger partial charge on any atom is 0.196 e. The van der Waals surface area contributed by atoms with Gasteiger partial charge in [-0.25, -0.2) is 0 Å². The molecule has 0 amide bonds. The minimum Gasteiger partial charge on any atom is -0.497 e. The zero-order chi connectivity index (χ0) is 14.1. The van der Waals surface area contributed by atoms with Crippen molar-refractivity contribution in [2.75, 3.05) is 7.11 Å². The Bertz CT molecular complexity index is 792. The maximum atomic E-state index is 12.7. The average Bonchev–Trinajstić information content (AvgIpc) is 2.89. The molecule has 4 heteroatoms. The molecule has 1 heterocycles. The van der Waals surface area contributed by atoms with Crippen LogP contribution in [0.4, 0.5) is 0 Å². The number of carbonyl (C=O) groups is 1. The highest BCUT2D eigenvalue weighted by molar-refractivity contribution is 14.1. The van der Waals surface area contributed by atoms with Gasteiger partial charge in [0.1, 0.15) is 5.75 Å². The maximum absolute atomic E-state index is 12.7. The van der Waals surface area contributed by atoms with E-state index >= 15 is 0 Å². The molecule has 0 aliphatic rings. The molecule has 0 aliphatic carbocycles. The van der Waals surface area contributed by atoms with E-state index in [-0.39, 0.29) is 5.78 Å². The van der Waals surface area contributed by atoms with Crippen LogP contribution in [0.3, 0.4) is 0 Å². The van der Waals surface area contributed by atoms with E-state index in [4.69, 9.17) is 4.74 Å². The molecule has 0 fully saturated rings. The second-order valence-corrected chi connectivity index (χ2v) is 5.59. The molecular weight excluding hydrogens is 365 g/mol. The van der Waals surface area contributed by atoms with E-state index in [0.717, 1.165) is 25.8 Å². The van der Waals surface area contributed by atoms with E-state index in [0.29, 0.717) is 5.56 Å². The van der Waals surface area contributed by atoms with Crippen molar-refractivity contribution in [3.63, 3.8) is 0 Å². The highest BCUT2D eigenvalue weighted by atomic mass is 127. The lowest BCUT2D eigenvalue weighted by Gasteiger charge is -2.03. The Morgan fingerprint density at radius 3 is 2.70 bits per heavy atom. The zero-order valence-corrected chi connectivity index (χ0v) is 13.0. The second kappa shape index (κ2) is 5.28. The number of fused-ring (bicyclic) bond motifs is 1. The van der Waals surface area contributed by atoms with Gasteiger partial charge in [-0.1, -0.05) is 12.1 Å². The predicted octanol–water partition coefficient (Wildman–Crippen LogP) is 4.01. The first-order valence-electron chi connectivity index (χ1n) is 6.15. The van der Waals surface area contributed by atoms with Gasteiger partial charge in [-0.3, -0.25) is 4.79 Å². The van der Waals surface area contributed by atoms with Crippen molar-refractivity contribution in [2.24, 2.45) is 0 Å². The van der Waals surface area contributed by atoms with E-state index in [2.05, 4.69) is 27.6 Å². The molecule has 3 rings (SSSR count). The number of hydrogen-bond acceptors (Lipinski definition) is 2. The third-order valence-corrected chi connectivity index (χ3v) is 4.19. The van der Waals surface area contributed by atoms with Gasteiger partial charge in [0.2, 0.25) is 0 Å². The summed E-state index contributed by atoms with van der Waals surface area (Å²) in [6.45, 7) is 0. The molecule has 1 aromatic heterocycles. The number of ketones is 1. The van der Waals surface area contributed by atoms with Crippen molar-refractivity contribution in [1.82, 2.24) is 4.98 Å². The lowest BCUT2D eigenvalue weighted by molar-refractivity contribution is 0.103. The molecule has 100 valence electrons. The van der Waals surface area contributed by atoms with Gasteiger partial charge in [0.15, 0.2) is 5.78 Å². The van der Waals surface area contributed by atoms with Gasteiger partial charge in [-0.05, 0) is 52.9 Å². The molecule has 0 radical (unpaired) electrons. The Morgan fingerprint density at radius 1 is 1.15 bits per heavy atom. The van der Waals surface area contributed by atoms with Crippen molar-refractivity contribution in [1.29, 1.82) is 0 Å². The number of benzene rings is 2. The molecule has 0 atom stereocenters. The van der Waals surface area contributed by atoms with Crippen LogP contribution in [-0.4, -0.2) is 17.9 Å². The summed E-state index contributed by atoms with van der Waals surface area (Å²) in [7, 11) is 1.62. The Balaban J connectivity index is 2.15. The molecule has 0 spiro atoms. The van der Waals surface area contributed by atoms with Gasteiger partial charge in [0, 0.05) is 31.8 Å². The first-order chi connectivity index (χ1) is 9.70. The smallest absolute Gasteiger partial charge is 0.196 e. The highest BCUT2D eigenvalue weighted by Gasteiger charge is 2.16. The third-order valence-electron chi connectivity index (χ3n) is 3.25. The van der Waals surface area contributed by atoms with Crippen molar-refractivity contribution >= 4 is 39.3 Å². The van der Waals surface area contributed by atoms with Crippen molar-refractivity contribution in [3.8, 4) is 5.75 Å². The summed E-state index contributed by atoms with van der Waals surface area (Å²) in [6.07, 6.45) is 1.76. The summed E-state index contributed by atoms with van der Waals surface area (Å²) in [5, 5.41) is 0.883. The van der Waals surface area contributed by atoms with Crippen LogP contribution in [0.2, 0.25) is 0 Å². The number of carbonyl (C=O) groups excluding carboxylic acids is 1. The van der Waals surface area contributed by atoms with Crippen LogP contribution in [-0.2, 0) is 0 Å². The number of hydrogen-bond donors (Lipinski definition) is 1. The Labute approximate surface area is 130 Å². The first kappa shape index (κ1) is 13.2. The van der Waals surface area contributed by atoms with Crippen LogP contribution in [0, 0.1) is 3.57 Å². The van der Waals surface area contributed by atoms with Gasteiger partial charge < -0.3 is 9.72 Å². The molecule has 3 nitrogen and oxygen atoms in total. The zero-order valence-electron chi connectivity index (χ0n) is 10.8. The number of aromatic nitrogens is 1. The number of halogens is 1. The average molecular weight is 377 g/mol. The quantitative estimate of drug-likeness (QED) is 0.554. The first-order valence-corrected chi connectivity index (χ1v) is 7.23. The molecule has 0 saturated carbocycles. The molecule has 20 heavy (non-hydrogen) atoms. The minimum absolute atomic E-state index is 0.0227. The number of methoxy groups -OCH3 is 1. The van der Waals surface area contributed by atoms with Gasteiger partial charge >= 0.3 is 0 Å². The molecule has 0 unspecified atom stereocenters.